The maximum atomic E-state index is 12.5. The lowest BCUT2D eigenvalue weighted by Crippen LogP contribution is -2.39. The summed E-state index contributed by atoms with van der Waals surface area (Å²) in [4.78, 5) is 46.4. The molecule has 6 nitrogen and oxygen atoms in total. The van der Waals surface area contributed by atoms with Gasteiger partial charge in [-0.1, -0.05) is 12.1 Å². The molecule has 1 rings (SSSR count). The van der Waals surface area contributed by atoms with Crippen LogP contribution in [0.4, 0.5) is 5.69 Å². The summed E-state index contributed by atoms with van der Waals surface area (Å²) in [5.74, 6) is -0.440. The zero-order chi connectivity index (χ0) is 15.8. The molecule has 0 bridgehead atoms. The zero-order valence-electron chi connectivity index (χ0n) is 12.0. The van der Waals surface area contributed by atoms with Crippen LogP contribution in [0.1, 0.15) is 33.6 Å². The Bertz CT molecular complexity index is 542. The summed E-state index contributed by atoms with van der Waals surface area (Å²) < 4.78 is 0. The van der Waals surface area contributed by atoms with Crippen molar-refractivity contribution in [1.82, 2.24) is 4.90 Å². The number of amides is 1. The van der Waals surface area contributed by atoms with E-state index >= 15 is 0 Å². The van der Waals surface area contributed by atoms with Gasteiger partial charge in [0, 0.05) is 31.8 Å². The van der Waals surface area contributed by atoms with Crippen LogP contribution in [0, 0.1) is 0 Å². The Labute approximate surface area is 123 Å². The van der Waals surface area contributed by atoms with Crippen LogP contribution in [-0.4, -0.2) is 49.8 Å². The molecule has 21 heavy (non-hydrogen) atoms. The molecule has 1 aromatic rings. The van der Waals surface area contributed by atoms with E-state index in [9.17, 15) is 19.2 Å². The van der Waals surface area contributed by atoms with Gasteiger partial charge in [0.2, 0.25) is 0 Å². The Morgan fingerprint density at radius 3 is 2.57 bits per heavy atom. The second-order valence-corrected chi connectivity index (χ2v) is 4.50. The number of hydrogen-bond acceptors (Lipinski definition) is 5. The second-order valence-electron chi connectivity index (χ2n) is 4.50. The summed E-state index contributed by atoms with van der Waals surface area (Å²) in [6.07, 6.45) is 2.38. The predicted molar refractivity (Wildman–Crippen MR) is 78.6 cm³/mol. The maximum Gasteiger partial charge on any atom is 0.257 e. The van der Waals surface area contributed by atoms with Gasteiger partial charge in [-0.25, -0.2) is 0 Å². The Kier molecular flexibility index (Phi) is 6.26. The Hall–Kier alpha value is -2.50. The number of nitrogens with one attached hydrogen (secondary N) is 1. The Morgan fingerprint density at radius 2 is 2.05 bits per heavy atom. The van der Waals surface area contributed by atoms with Gasteiger partial charge in [-0.3, -0.25) is 9.59 Å². The minimum atomic E-state index is -0.702. The number of benzene rings is 1. The first kappa shape index (κ1) is 16.6. The van der Waals surface area contributed by atoms with E-state index in [1.807, 2.05) is 0 Å². The normalized spacial score (nSPS) is 11.3. The molecule has 1 amide bonds. The van der Waals surface area contributed by atoms with Crippen molar-refractivity contribution in [2.45, 2.75) is 18.9 Å². The summed E-state index contributed by atoms with van der Waals surface area (Å²) in [6.45, 7) is 0. The van der Waals surface area contributed by atoms with E-state index in [1.165, 1.54) is 18.0 Å². The van der Waals surface area contributed by atoms with Crippen molar-refractivity contribution >= 4 is 30.5 Å². The Morgan fingerprint density at radius 1 is 1.33 bits per heavy atom. The van der Waals surface area contributed by atoms with Crippen LogP contribution in [0.15, 0.2) is 18.2 Å². The van der Waals surface area contributed by atoms with Crippen molar-refractivity contribution in [2.75, 3.05) is 19.4 Å². The van der Waals surface area contributed by atoms with Gasteiger partial charge in [-0.05, 0) is 12.5 Å². The third-order valence-corrected chi connectivity index (χ3v) is 3.26. The lowest BCUT2D eigenvalue weighted by molar-refractivity contribution is -0.112. The van der Waals surface area contributed by atoms with E-state index in [0.29, 0.717) is 24.5 Å². The highest BCUT2D eigenvalue weighted by Gasteiger charge is 2.24. The van der Waals surface area contributed by atoms with Crippen LogP contribution in [0.5, 0.6) is 0 Å². The number of carbonyl (C=O) groups excluding carboxylic acids is 4. The molecule has 6 heteroatoms. The van der Waals surface area contributed by atoms with Crippen LogP contribution >= 0.6 is 0 Å². The van der Waals surface area contributed by atoms with Gasteiger partial charge in [-0.15, -0.1) is 0 Å². The van der Waals surface area contributed by atoms with Crippen LogP contribution in [0.3, 0.4) is 0 Å². The van der Waals surface area contributed by atoms with E-state index in [0.717, 1.165) is 0 Å². The molecule has 0 aliphatic rings. The first-order valence-corrected chi connectivity index (χ1v) is 6.52. The monoisotopic (exact) mass is 290 g/mol. The van der Waals surface area contributed by atoms with E-state index in [1.54, 1.807) is 19.2 Å². The highest BCUT2D eigenvalue weighted by Crippen LogP contribution is 2.21. The van der Waals surface area contributed by atoms with Gasteiger partial charge in [0.1, 0.15) is 12.6 Å². The number of nitrogens with zero attached hydrogens (tertiary/aromatic N) is 1. The molecule has 1 unspecified atom stereocenters. The van der Waals surface area contributed by atoms with Crippen LogP contribution in [0.25, 0.3) is 0 Å². The number of carbonyl (C=O) groups is 4. The molecule has 112 valence electrons. The minimum absolute atomic E-state index is 0.190. The summed E-state index contributed by atoms with van der Waals surface area (Å²) in [5, 5.41) is 2.86. The van der Waals surface area contributed by atoms with Gasteiger partial charge in [0.25, 0.3) is 5.91 Å². The number of anilines is 1. The third kappa shape index (κ3) is 3.75. The van der Waals surface area contributed by atoms with Crippen LogP contribution < -0.4 is 5.32 Å². The molecule has 1 N–H and O–H groups in total. The standard InChI is InChI=1S/C15H18N2O4/c1-16-13-7-3-5-11(9-19)14(13)15(21)17(2)12(10-20)6-4-8-18/h3,5,7-10,12,16H,4,6H2,1-2H3. The summed E-state index contributed by atoms with van der Waals surface area (Å²) in [7, 11) is 3.12. The molecule has 0 aliphatic heterocycles. The fourth-order valence-corrected chi connectivity index (χ4v) is 2.03. The van der Waals surface area contributed by atoms with Crippen LogP contribution in [0.2, 0.25) is 0 Å². The number of aldehydes is 3. The average Bonchev–Trinajstić information content (AvgIpc) is 2.53. The summed E-state index contributed by atoms with van der Waals surface area (Å²) in [5.41, 5.74) is 0.977. The number of rotatable bonds is 8. The summed E-state index contributed by atoms with van der Waals surface area (Å²) >= 11 is 0. The van der Waals surface area contributed by atoms with Crippen LogP contribution in [-0.2, 0) is 9.59 Å². The van der Waals surface area contributed by atoms with Gasteiger partial charge in [-0.2, -0.15) is 0 Å². The molecule has 0 radical (unpaired) electrons. The molecule has 0 aromatic heterocycles. The van der Waals surface area contributed by atoms with E-state index < -0.39 is 11.9 Å². The van der Waals surface area contributed by atoms with Gasteiger partial charge in [0.15, 0.2) is 6.29 Å². The molecular formula is C15H18N2O4. The largest absolute Gasteiger partial charge is 0.387 e. The van der Waals surface area contributed by atoms with Gasteiger partial charge >= 0.3 is 0 Å². The van der Waals surface area contributed by atoms with E-state index in [2.05, 4.69) is 5.32 Å². The molecule has 1 atom stereocenters. The molecular weight excluding hydrogens is 272 g/mol. The molecule has 0 heterocycles. The van der Waals surface area contributed by atoms with Crippen molar-refractivity contribution in [3.8, 4) is 0 Å². The number of likely N-dealkylation sites (N-methyl/N-ethyl adjacent to an activating group) is 1. The van der Waals surface area contributed by atoms with E-state index in [4.69, 9.17) is 0 Å². The lowest BCUT2D eigenvalue weighted by atomic mass is 10.0. The van der Waals surface area contributed by atoms with Crippen molar-refractivity contribution in [1.29, 1.82) is 0 Å². The molecule has 0 fully saturated rings. The second kappa shape index (κ2) is 7.94. The third-order valence-electron chi connectivity index (χ3n) is 3.26. The predicted octanol–water partition coefficient (Wildman–Crippen LogP) is 1.16. The first-order chi connectivity index (χ1) is 10.1. The van der Waals surface area contributed by atoms with Crippen molar-refractivity contribution < 1.29 is 19.2 Å². The molecule has 0 spiro atoms. The van der Waals surface area contributed by atoms with E-state index in [-0.39, 0.29) is 24.0 Å². The van der Waals surface area contributed by atoms with Crippen molar-refractivity contribution in [2.24, 2.45) is 0 Å². The molecule has 0 saturated heterocycles. The average molecular weight is 290 g/mol. The summed E-state index contributed by atoms with van der Waals surface area (Å²) in [6, 6.07) is 4.17. The highest BCUT2D eigenvalue weighted by molar-refractivity contribution is 6.06. The quantitative estimate of drug-likeness (QED) is 0.726. The van der Waals surface area contributed by atoms with Gasteiger partial charge < -0.3 is 19.8 Å². The number of hydrogen-bond donors (Lipinski definition) is 1. The fraction of sp³-hybridized carbons (Fsp3) is 0.333. The molecule has 0 saturated carbocycles. The SMILES string of the molecule is CNc1cccc(C=O)c1C(=O)N(C)C(C=O)CCC=O. The lowest BCUT2D eigenvalue weighted by Gasteiger charge is -2.25. The van der Waals surface area contributed by atoms with Crippen molar-refractivity contribution in [3.63, 3.8) is 0 Å². The highest BCUT2D eigenvalue weighted by atomic mass is 16.2. The van der Waals surface area contributed by atoms with Crippen molar-refractivity contribution in [3.05, 3.63) is 29.3 Å². The minimum Gasteiger partial charge on any atom is -0.387 e. The topological polar surface area (TPSA) is 83.6 Å². The maximum absolute atomic E-state index is 12.5. The zero-order valence-corrected chi connectivity index (χ0v) is 12.0. The smallest absolute Gasteiger partial charge is 0.257 e. The fourth-order valence-electron chi connectivity index (χ4n) is 2.03. The first-order valence-electron chi connectivity index (χ1n) is 6.52. The Balaban J connectivity index is 3.14. The van der Waals surface area contributed by atoms with Gasteiger partial charge in [0.05, 0.1) is 11.6 Å². The molecule has 0 aliphatic carbocycles. The molecule has 1 aromatic carbocycles.